The summed E-state index contributed by atoms with van der Waals surface area (Å²) in [6.07, 6.45) is 3.56. The Balaban J connectivity index is 1.58. The van der Waals surface area contributed by atoms with Gasteiger partial charge < -0.3 is 20.0 Å². The summed E-state index contributed by atoms with van der Waals surface area (Å²) in [5.74, 6) is -0.0212. The summed E-state index contributed by atoms with van der Waals surface area (Å²) in [6, 6.07) is 11.0. The lowest BCUT2D eigenvalue weighted by atomic mass is 10.1. The molecule has 2 aromatic rings. The van der Waals surface area contributed by atoms with Crippen LogP contribution in [0.4, 0.5) is 16.2 Å². The number of carbonyl (C=O) groups excluding carboxylic acids is 2. The molecule has 7 nitrogen and oxygen atoms in total. The highest BCUT2D eigenvalue weighted by Crippen LogP contribution is 2.17. The number of urea groups is 1. The normalized spacial score (nSPS) is 13.9. The van der Waals surface area contributed by atoms with Gasteiger partial charge in [0.15, 0.2) is 0 Å². The zero-order chi connectivity index (χ0) is 19.9. The first-order valence-corrected chi connectivity index (χ1v) is 9.72. The van der Waals surface area contributed by atoms with Gasteiger partial charge in [-0.2, -0.15) is 0 Å². The fourth-order valence-corrected chi connectivity index (χ4v) is 3.35. The molecule has 148 valence electrons. The molecule has 7 heteroatoms. The number of piperazine rings is 1. The quantitative estimate of drug-likeness (QED) is 0.865. The number of anilines is 2. The van der Waals surface area contributed by atoms with E-state index in [2.05, 4.69) is 15.2 Å². The number of aromatic nitrogens is 1. The molecule has 1 N–H and O–H groups in total. The van der Waals surface area contributed by atoms with Gasteiger partial charge in [-0.25, -0.2) is 4.79 Å². The van der Waals surface area contributed by atoms with E-state index in [0.29, 0.717) is 37.4 Å². The molecule has 0 radical (unpaired) electrons. The largest absolute Gasteiger partial charge is 0.368 e. The van der Waals surface area contributed by atoms with Crippen molar-refractivity contribution in [3.63, 3.8) is 0 Å². The number of carbonyl (C=O) groups is 2. The Kier molecular flexibility index (Phi) is 6.47. The molecule has 0 spiro atoms. The third-order valence-corrected chi connectivity index (χ3v) is 5.01. The molecule has 1 saturated heterocycles. The van der Waals surface area contributed by atoms with Crippen LogP contribution in [0.5, 0.6) is 0 Å². The van der Waals surface area contributed by atoms with Crippen molar-refractivity contribution < 1.29 is 9.59 Å². The van der Waals surface area contributed by atoms with Gasteiger partial charge in [-0.15, -0.1) is 0 Å². The van der Waals surface area contributed by atoms with E-state index in [-0.39, 0.29) is 11.9 Å². The number of amides is 3. The molecular formula is C21H27N5O2. The van der Waals surface area contributed by atoms with Crippen LogP contribution >= 0.6 is 0 Å². The van der Waals surface area contributed by atoms with Crippen molar-refractivity contribution in [1.82, 2.24) is 14.8 Å². The fourth-order valence-electron chi connectivity index (χ4n) is 3.35. The Hall–Kier alpha value is -3.09. The molecule has 0 bridgehead atoms. The second-order valence-corrected chi connectivity index (χ2v) is 6.67. The summed E-state index contributed by atoms with van der Waals surface area (Å²) >= 11 is 0. The lowest BCUT2D eigenvalue weighted by molar-refractivity contribution is 0.0773. The van der Waals surface area contributed by atoms with Gasteiger partial charge in [-0.05, 0) is 44.2 Å². The van der Waals surface area contributed by atoms with Crippen molar-refractivity contribution in [1.29, 1.82) is 0 Å². The predicted octanol–water partition coefficient (Wildman–Crippen LogP) is 2.92. The second-order valence-electron chi connectivity index (χ2n) is 6.67. The van der Waals surface area contributed by atoms with Gasteiger partial charge in [0.05, 0.1) is 0 Å². The number of rotatable bonds is 5. The molecule has 0 unspecified atom stereocenters. The molecule has 1 aromatic heterocycles. The van der Waals surface area contributed by atoms with Crippen molar-refractivity contribution >= 4 is 23.3 Å². The van der Waals surface area contributed by atoms with Crippen molar-refractivity contribution in [3.8, 4) is 0 Å². The molecule has 0 atom stereocenters. The summed E-state index contributed by atoms with van der Waals surface area (Å²) < 4.78 is 0. The van der Waals surface area contributed by atoms with Crippen LogP contribution in [0.2, 0.25) is 0 Å². The minimum Gasteiger partial charge on any atom is -0.368 e. The zero-order valence-electron chi connectivity index (χ0n) is 16.5. The molecule has 3 amide bonds. The van der Waals surface area contributed by atoms with Crippen LogP contribution in [0, 0.1) is 0 Å². The van der Waals surface area contributed by atoms with Crippen LogP contribution in [0.15, 0.2) is 48.8 Å². The lowest BCUT2D eigenvalue weighted by Gasteiger charge is -2.36. The topological polar surface area (TPSA) is 68.8 Å². The Morgan fingerprint density at radius 1 is 1.04 bits per heavy atom. The van der Waals surface area contributed by atoms with Crippen molar-refractivity contribution in [2.75, 3.05) is 49.5 Å². The summed E-state index contributed by atoms with van der Waals surface area (Å²) in [6.45, 7) is 8.08. The van der Waals surface area contributed by atoms with Crippen LogP contribution in [-0.2, 0) is 0 Å². The van der Waals surface area contributed by atoms with Gasteiger partial charge in [0.1, 0.15) is 0 Å². The molecule has 1 fully saturated rings. The Bertz CT molecular complexity index is 799. The molecule has 1 aromatic carbocycles. The molecule has 0 saturated carbocycles. The van der Waals surface area contributed by atoms with Crippen LogP contribution in [-0.4, -0.2) is 66.0 Å². The summed E-state index contributed by atoms with van der Waals surface area (Å²) in [4.78, 5) is 35.0. The van der Waals surface area contributed by atoms with E-state index < -0.39 is 0 Å². The Morgan fingerprint density at radius 2 is 1.71 bits per heavy atom. The lowest BCUT2D eigenvalue weighted by Crippen LogP contribution is -2.50. The minimum absolute atomic E-state index is 0.0212. The van der Waals surface area contributed by atoms with Crippen molar-refractivity contribution in [2.24, 2.45) is 0 Å². The van der Waals surface area contributed by atoms with Crippen LogP contribution in [0.1, 0.15) is 24.2 Å². The molecule has 3 rings (SSSR count). The van der Waals surface area contributed by atoms with Gasteiger partial charge >= 0.3 is 6.03 Å². The molecule has 0 aliphatic carbocycles. The van der Waals surface area contributed by atoms with Crippen LogP contribution in [0.3, 0.4) is 0 Å². The average Bonchev–Trinajstić information content (AvgIpc) is 2.75. The average molecular weight is 381 g/mol. The first-order chi connectivity index (χ1) is 13.6. The van der Waals surface area contributed by atoms with Crippen LogP contribution in [0.25, 0.3) is 0 Å². The summed E-state index contributed by atoms with van der Waals surface area (Å²) in [5.41, 5.74) is 2.35. The number of benzene rings is 1. The molecule has 28 heavy (non-hydrogen) atoms. The van der Waals surface area contributed by atoms with Gasteiger partial charge in [-0.3, -0.25) is 9.78 Å². The van der Waals surface area contributed by atoms with E-state index >= 15 is 0 Å². The van der Waals surface area contributed by atoms with E-state index in [1.165, 1.54) is 0 Å². The third kappa shape index (κ3) is 4.60. The minimum atomic E-state index is -0.137. The number of nitrogens with zero attached hydrogens (tertiary/aromatic N) is 4. The van der Waals surface area contributed by atoms with E-state index in [9.17, 15) is 9.59 Å². The highest BCUT2D eigenvalue weighted by atomic mass is 16.2. The monoisotopic (exact) mass is 381 g/mol. The van der Waals surface area contributed by atoms with E-state index in [0.717, 1.165) is 18.8 Å². The maximum Gasteiger partial charge on any atom is 0.321 e. The maximum atomic E-state index is 12.6. The van der Waals surface area contributed by atoms with Crippen LogP contribution < -0.4 is 10.2 Å². The second kappa shape index (κ2) is 9.21. The van der Waals surface area contributed by atoms with Crippen molar-refractivity contribution in [2.45, 2.75) is 13.8 Å². The van der Waals surface area contributed by atoms with E-state index in [1.54, 1.807) is 40.4 Å². The number of nitrogens with one attached hydrogen (secondary N) is 1. The first kappa shape index (κ1) is 19.7. The number of hydrogen-bond acceptors (Lipinski definition) is 4. The SMILES string of the molecule is CCN(CC)C(=O)c1cccc(NC(=O)N2CCN(c3ccncc3)CC2)c1. The first-order valence-electron chi connectivity index (χ1n) is 9.72. The Morgan fingerprint density at radius 3 is 2.36 bits per heavy atom. The van der Waals surface area contributed by atoms with E-state index in [4.69, 9.17) is 0 Å². The van der Waals surface area contributed by atoms with Gasteiger partial charge in [0, 0.05) is 68.6 Å². The number of pyridine rings is 1. The molecule has 1 aliphatic rings. The standard InChI is InChI=1S/C21H27N5O2/c1-3-24(4-2)20(27)17-6-5-7-18(16-17)23-21(28)26-14-12-25(13-15-26)19-8-10-22-11-9-19/h5-11,16H,3-4,12-15H2,1-2H3,(H,23,28). The fraction of sp³-hybridized carbons (Fsp3) is 0.381. The Labute approximate surface area is 166 Å². The third-order valence-electron chi connectivity index (χ3n) is 5.01. The summed E-state index contributed by atoms with van der Waals surface area (Å²) in [5, 5.41) is 2.92. The number of hydrogen-bond donors (Lipinski definition) is 1. The predicted molar refractivity (Wildman–Crippen MR) is 111 cm³/mol. The summed E-state index contributed by atoms with van der Waals surface area (Å²) in [7, 11) is 0. The highest BCUT2D eigenvalue weighted by Gasteiger charge is 2.21. The molecule has 2 heterocycles. The molecule has 1 aliphatic heterocycles. The maximum absolute atomic E-state index is 12.6. The van der Waals surface area contributed by atoms with E-state index in [1.807, 2.05) is 32.0 Å². The van der Waals surface area contributed by atoms with Gasteiger partial charge in [0.2, 0.25) is 0 Å². The van der Waals surface area contributed by atoms with Gasteiger partial charge in [-0.1, -0.05) is 6.07 Å². The van der Waals surface area contributed by atoms with Gasteiger partial charge in [0.25, 0.3) is 5.91 Å². The highest BCUT2D eigenvalue weighted by molar-refractivity contribution is 5.97. The van der Waals surface area contributed by atoms with Crippen molar-refractivity contribution in [3.05, 3.63) is 54.4 Å². The smallest absolute Gasteiger partial charge is 0.321 e. The zero-order valence-corrected chi connectivity index (χ0v) is 16.5. The molecular weight excluding hydrogens is 354 g/mol.